The van der Waals surface area contributed by atoms with Crippen molar-refractivity contribution in [3.8, 4) is 5.75 Å². The maximum Gasteiger partial charge on any atom is 0.272 e. The van der Waals surface area contributed by atoms with Gasteiger partial charge in [0.25, 0.3) is 12.3 Å². The average molecular weight is 404 g/mol. The van der Waals surface area contributed by atoms with Crippen LogP contribution < -0.4 is 15.4 Å². The number of carbonyl (C=O) groups excluding carboxylic acids is 2. The summed E-state index contributed by atoms with van der Waals surface area (Å²) in [5.41, 5.74) is 1.64. The van der Waals surface area contributed by atoms with Gasteiger partial charge in [-0.1, -0.05) is 6.07 Å². The predicted octanol–water partition coefficient (Wildman–Crippen LogP) is 3.27. The SMILES string of the molecule is Cc1cc(OCC(F)F)cc(C(C)NC(=O)c2ccnc(NC(=O)C3CC3)n2)c1. The highest BCUT2D eigenvalue weighted by Gasteiger charge is 2.30. The maximum atomic E-state index is 12.6. The summed E-state index contributed by atoms with van der Waals surface area (Å²) in [5, 5.41) is 5.41. The molecule has 0 bridgehead atoms. The third-order valence-electron chi connectivity index (χ3n) is 4.37. The van der Waals surface area contributed by atoms with Crippen molar-refractivity contribution in [1.29, 1.82) is 0 Å². The highest BCUT2D eigenvalue weighted by Crippen LogP contribution is 2.29. The molecule has 29 heavy (non-hydrogen) atoms. The molecular formula is C20H22F2N4O3. The van der Waals surface area contributed by atoms with E-state index in [0.717, 1.165) is 18.4 Å². The van der Waals surface area contributed by atoms with Gasteiger partial charge in [0.05, 0.1) is 6.04 Å². The zero-order chi connectivity index (χ0) is 21.0. The Labute approximate surface area is 166 Å². The van der Waals surface area contributed by atoms with Gasteiger partial charge in [0.2, 0.25) is 11.9 Å². The Hall–Kier alpha value is -3.10. The molecule has 1 saturated carbocycles. The largest absolute Gasteiger partial charge is 0.488 e. The highest BCUT2D eigenvalue weighted by atomic mass is 19.3. The molecule has 0 radical (unpaired) electrons. The smallest absolute Gasteiger partial charge is 0.272 e. The van der Waals surface area contributed by atoms with Crippen LogP contribution >= 0.6 is 0 Å². The Morgan fingerprint density at radius 1 is 1.28 bits per heavy atom. The molecule has 1 aromatic heterocycles. The Bertz CT molecular complexity index is 903. The van der Waals surface area contributed by atoms with E-state index in [-0.39, 0.29) is 23.5 Å². The molecule has 9 heteroatoms. The van der Waals surface area contributed by atoms with Gasteiger partial charge < -0.3 is 10.1 Å². The number of ether oxygens (including phenoxy) is 1. The molecule has 2 aromatic rings. The average Bonchev–Trinajstić information content (AvgIpc) is 3.51. The van der Waals surface area contributed by atoms with Crippen molar-refractivity contribution in [2.24, 2.45) is 5.92 Å². The van der Waals surface area contributed by atoms with Gasteiger partial charge in [0, 0.05) is 12.1 Å². The number of hydrogen-bond donors (Lipinski definition) is 2. The summed E-state index contributed by atoms with van der Waals surface area (Å²) in [7, 11) is 0. The van der Waals surface area contributed by atoms with Gasteiger partial charge >= 0.3 is 0 Å². The van der Waals surface area contributed by atoms with Gasteiger partial charge in [0.15, 0.2) is 0 Å². The van der Waals surface area contributed by atoms with Crippen LogP contribution in [0.1, 0.15) is 47.4 Å². The molecule has 0 spiro atoms. The number of hydrogen-bond acceptors (Lipinski definition) is 5. The van der Waals surface area contributed by atoms with Crippen LogP contribution in [0.3, 0.4) is 0 Å². The fourth-order valence-corrected chi connectivity index (χ4v) is 2.73. The molecular weight excluding hydrogens is 382 g/mol. The highest BCUT2D eigenvalue weighted by molar-refractivity contribution is 5.95. The molecule has 1 aromatic carbocycles. The molecule has 2 N–H and O–H groups in total. The van der Waals surface area contributed by atoms with Gasteiger partial charge in [-0.15, -0.1) is 0 Å². The van der Waals surface area contributed by atoms with Crippen LogP contribution in [0.15, 0.2) is 30.5 Å². The topological polar surface area (TPSA) is 93.2 Å². The number of rotatable bonds is 8. The molecule has 7 nitrogen and oxygen atoms in total. The van der Waals surface area contributed by atoms with Crippen molar-refractivity contribution in [3.05, 3.63) is 47.3 Å². The van der Waals surface area contributed by atoms with E-state index >= 15 is 0 Å². The number of amides is 2. The minimum absolute atomic E-state index is 0.00101. The number of alkyl halides is 2. The van der Waals surface area contributed by atoms with E-state index in [1.165, 1.54) is 12.3 Å². The van der Waals surface area contributed by atoms with Crippen LogP contribution in [-0.2, 0) is 4.79 Å². The van der Waals surface area contributed by atoms with Crippen molar-refractivity contribution in [2.45, 2.75) is 39.2 Å². The second kappa shape index (κ2) is 8.93. The first-order valence-electron chi connectivity index (χ1n) is 9.29. The fraction of sp³-hybridized carbons (Fsp3) is 0.400. The quantitative estimate of drug-likeness (QED) is 0.704. The van der Waals surface area contributed by atoms with Crippen molar-refractivity contribution < 1.29 is 23.1 Å². The van der Waals surface area contributed by atoms with Crippen molar-refractivity contribution in [3.63, 3.8) is 0 Å². The van der Waals surface area contributed by atoms with E-state index in [1.54, 1.807) is 19.1 Å². The lowest BCUT2D eigenvalue weighted by Crippen LogP contribution is -2.28. The lowest BCUT2D eigenvalue weighted by Gasteiger charge is -2.16. The third kappa shape index (κ3) is 5.94. The molecule has 154 valence electrons. The summed E-state index contributed by atoms with van der Waals surface area (Å²) >= 11 is 0. The lowest BCUT2D eigenvalue weighted by atomic mass is 10.0. The van der Waals surface area contributed by atoms with E-state index in [9.17, 15) is 18.4 Å². The number of anilines is 1. The van der Waals surface area contributed by atoms with E-state index in [0.29, 0.717) is 11.3 Å². The molecule has 1 heterocycles. The monoisotopic (exact) mass is 404 g/mol. The second-order valence-corrected chi connectivity index (χ2v) is 7.01. The van der Waals surface area contributed by atoms with Crippen molar-refractivity contribution in [1.82, 2.24) is 15.3 Å². The van der Waals surface area contributed by atoms with Crippen LogP contribution in [0, 0.1) is 12.8 Å². The van der Waals surface area contributed by atoms with E-state index in [1.807, 2.05) is 13.0 Å². The zero-order valence-corrected chi connectivity index (χ0v) is 16.1. The van der Waals surface area contributed by atoms with Crippen LogP contribution in [0.4, 0.5) is 14.7 Å². The summed E-state index contributed by atoms with van der Waals surface area (Å²) in [6.45, 7) is 2.88. The number of carbonyl (C=O) groups is 2. The summed E-state index contributed by atoms with van der Waals surface area (Å²) in [4.78, 5) is 32.4. The summed E-state index contributed by atoms with van der Waals surface area (Å²) in [6.07, 6.45) is 0.535. The van der Waals surface area contributed by atoms with Crippen LogP contribution in [-0.4, -0.2) is 34.8 Å². The van der Waals surface area contributed by atoms with E-state index < -0.39 is 25.0 Å². The number of aromatic nitrogens is 2. The first kappa shape index (κ1) is 20.6. The molecule has 1 unspecified atom stereocenters. The number of nitrogens with one attached hydrogen (secondary N) is 2. The zero-order valence-electron chi connectivity index (χ0n) is 16.1. The van der Waals surface area contributed by atoms with Gasteiger partial charge in [-0.2, -0.15) is 0 Å². The predicted molar refractivity (Wildman–Crippen MR) is 102 cm³/mol. The summed E-state index contributed by atoms with van der Waals surface area (Å²) < 4.78 is 29.8. The number of halogens is 2. The second-order valence-electron chi connectivity index (χ2n) is 7.01. The fourth-order valence-electron chi connectivity index (χ4n) is 2.73. The van der Waals surface area contributed by atoms with Gasteiger partial charge in [-0.3, -0.25) is 14.9 Å². The molecule has 1 aliphatic carbocycles. The lowest BCUT2D eigenvalue weighted by molar-refractivity contribution is -0.117. The molecule has 3 rings (SSSR count). The van der Waals surface area contributed by atoms with E-state index in [4.69, 9.17) is 4.74 Å². The number of benzene rings is 1. The molecule has 0 saturated heterocycles. The Kier molecular flexibility index (Phi) is 6.36. The van der Waals surface area contributed by atoms with Crippen molar-refractivity contribution in [2.75, 3.05) is 11.9 Å². The Morgan fingerprint density at radius 3 is 2.72 bits per heavy atom. The molecule has 1 fully saturated rings. The number of aryl methyl sites for hydroxylation is 1. The van der Waals surface area contributed by atoms with Crippen LogP contribution in [0.5, 0.6) is 5.75 Å². The molecule has 1 atom stereocenters. The maximum absolute atomic E-state index is 12.6. The third-order valence-corrected chi connectivity index (χ3v) is 4.37. The normalized spacial score (nSPS) is 14.4. The Balaban J connectivity index is 1.66. The van der Waals surface area contributed by atoms with Crippen molar-refractivity contribution >= 4 is 17.8 Å². The van der Waals surface area contributed by atoms with E-state index in [2.05, 4.69) is 20.6 Å². The van der Waals surface area contributed by atoms with Crippen LogP contribution in [0.25, 0.3) is 0 Å². The van der Waals surface area contributed by atoms with Gasteiger partial charge in [-0.05, 0) is 56.0 Å². The van der Waals surface area contributed by atoms with Crippen LogP contribution in [0.2, 0.25) is 0 Å². The minimum atomic E-state index is -2.57. The minimum Gasteiger partial charge on any atom is -0.488 e. The first-order valence-corrected chi connectivity index (χ1v) is 9.29. The number of nitrogens with zero attached hydrogens (tertiary/aromatic N) is 2. The molecule has 2 amide bonds. The standard InChI is InChI=1S/C20H22F2N4O3/c1-11-7-14(9-15(8-11)29-10-17(21)22)12(2)24-19(28)16-5-6-23-20(25-16)26-18(27)13-3-4-13/h5-9,12-13,17H,3-4,10H2,1-2H3,(H,24,28)(H,23,25,26,27). The summed E-state index contributed by atoms with van der Waals surface area (Å²) in [5.74, 6) is -0.196. The first-order chi connectivity index (χ1) is 13.8. The van der Waals surface area contributed by atoms with Gasteiger partial charge in [-0.25, -0.2) is 18.7 Å². The molecule has 0 aliphatic heterocycles. The summed E-state index contributed by atoms with van der Waals surface area (Å²) in [6, 6.07) is 6.13. The van der Waals surface area contributed by atoms with Gasteiger partial charge in [0.1, 0.15) is 18.1 Å². The Morgan fingerprint density at radius 2 is 2.03 bits per heavy atom. The molecule has 1 aliphatic rings.